The summed E-state index contributed by atoms with van der Waals surface area (Å²) in [5, 5.41) is 10.5. The SMILES string of the molecule is O=C(NCC1CCCN(C(=O)c2cnn3ccccc23)C1)C1CCCN1. The van der Waals surface area contributed by atoms with E-state index in [1.807, 2.05) is 29.3 Å². The third-order valence-corrected chi connectivity index (χ3v) is 5.40. The number of hydrogen-bond acceptors (Lipinski definition) is 4. The smallest absolute Gasteiger partial charge is 0.257 e. The number of rotatable bonds is 4. The van der Waals surface area contributed by atoms with Crippen molar-refractivity contribution in [3.8, 4) is 0 Å². The minimum atomic E-state index is -0.0462. The van der Waals surface area contributed by atoms with E-state index in [4.69, 9.17) is 0 Å². The molecule has 2 saturated heterocycles. The number of piperidine rings is 1. The fraction of sp³-hybridized carbons (Fsp3) is 0.526. The van der Waals surface area contributed by atoms with Gasteiger partial charge in [-0.3, -0.25) is 9.59 Å². The van der Waals surface area contributed by atoms with Gasteiger partial charge in [0.2, 0.25) is 5.91 Å². The van der Waals surface area contributed by atoms with Crippen LogP contribution in [0.5, 0.6) is 0 Å². The first kappa shape index (κ1) is 17.0. The first-order valence-electron chi connectivity index (χ1n) is 9.45. The van der Waals surface area contributed by atoms with Crippen molar-refractivity contribution < 1.29 is 9.59 Å². The summed E-state index contributed by atoms with van der Waals surface area (Å²) in [6, 6.07) is 5.68. The van der Waals surface area contributed by atoms with E-state index < -0.39 is 0 Å². The number of nitrogens with one attached hydrogen (secondary N) is 2. The van der Waals surface area contributed by atoms with Gasteiger partial charge in [0.15, 0.2) is 0 Å². The van der Waals surface area contributed by atoms with E-state index in [1.165, 1.54) is 0 Å². The molecule has 2 N–H and O–H groups in total. The Morgan fingerprint density at radius 1 is 1.27 bits per heavy atom. The van der Waals surface area contributed by atoms with E-state index in [0.717, 1.165) is 44.3 Å². The Bertz CT molecular complexity index is 796. The molecule has 0 aliphatic carbocycles. The summed E-state index contributed by atoms with van der Waals surface area (Å²) in [6.07, 6.45) is 7.47. The molecule has 0 bridgehead atoms. The van der Waals surface area contributed by atoms with Crippen LogP contribution in [0.4, 0.5) is 0 Å². The van der Waals surface area contributed by atoms with Gasteiger partial charge in [-0.2, -0.15) is 5.10 Å². The molecule has 7 heteroatoms. The zero-order valence-corrected chi connectivity index (χ0v) is 14.9. The Morgan fingerprint density at radius 3 is 3.04 bits per heavy atom. The highest BCUT2D eigenvalue weighted by atomic mass is 16.2. The topological polar surface area (TPSA) is 78.7 Å². The number of pyridine rings is 1. The van der Waals surface area contributed by atoms with Crippen LogP contribution in [0.15, 0.2) is 30.6 Å². The standard InChI is InChI=1S/C19H25N5O2/c25-18(16-6-3-8-20-16)21-11-14-5-4-9-23(13-14)19(26)15-12-22-24-10-2-1-7-17(15)24/h1-2,7,10,12,14,16,20H,3-6,8-9,11,13H2,(H,21,25). The van der Waals surface area contributed by atoms with Gasteiger partial charge < -0.3 is 15.5 Å². The molecule has 2 fully saturated rings. The highest BCUT2D eigenvalue weighted by Crippen LogP contribution is 2.20. The number of carbonyl (C=O) groups is 2. The molecule has 2 aromatic heterocycles. The summed E-state index contributed by atoms with van der Waals surface area (Å²) < 4.78 is 1.73. The van der Waals surface area contributed by atoms with Crippen molar-refractivity contribution in [1.82, 2.24) is 25.1 Å². The van der Waals surface area contributed by atoms with Crippen LogP contribution in [-0.4, -0.2) is 58.5 Å². The molecule has 26 heavy (non-hydrogen) atoms. The van der Waals surface area contributed by atoms with Gasteiger partial charge in [0.1, 0.15) is 0 Å². The summed E-state index contributed by atoms with van der Waals surface area (Å²) in [5.41, 5.74) is 1.48. The van der Waals surface area contributed by atoms with Crippen LogP contribution in [0.1, 0.15) is 36.0 Å². The summed E-state index contributed by atoms with van der Waals surface area (Å²) >= 11 is 0. The molecule has 2 aromatic rings. The number of likely N-dealkylation sites (tertiary alicyclic amines) is 1. The van der Waals surface area contributed by atoms with E-state index in [0.29, 0.717) is 24.6 Å². The lowest BCUT2D eigenvalue weighted by molar-refractivity contribution is -0.123. The van der Waals surface area contributed by atoms with Crippen molar-refractivity contribution >= 4 is 17.3 Å². The van der Waals surface area contributed by atoms with Crippen molar-refractivity contribution in [2.45, 2.75) is 31.7 Å². The van der Waals surface area contributed by atoms with Gasteiger partial charge in [-0.25, -0.2) is 4.52 Å². The van der Waals surface area contributed by atoms with E-state index in [-0.39, 0.29) is 17.9 Å². The van der Waals surface area contributed by atoms with Crippen molar-refractivity contribution in [3.63, 3.8) is 0 Å². The van der Waals surface area contributed by atoms with Gasteiger partial charge >= 0.3 is 0 Å². The largest absolute Gasteiger partial charge is 0.354 e. The Labute approximate surface area is 152 Å². The summed E-state index contributed by atoms with van der Waals surface area (Å²) in [7, 11) is 0. The molecular formula is C19H25N5O2. The van der Waals surface area contributed by atoms with E-state index >= 15 is 0 Å². The van der Waals surface area contributed by atoms with Gasteiger partial charge in [0.05, 0.1) is 23.3 Å². The van der Waals surface area contributed by atoms with Crippen LogP contribution in [0.2, 0.25) is 0 Å². The second kappa shape index (κ2) is 7.45. The third kappa shape index (κ3) is 3.44. The average Bonchev–Trinajstić information content (AvgIpc) is 3.35. The first-order chi connectivity index (χ1) is 12.7. The number of aromatic nitrogens is 2. The summed E-state index contributed by atoms with van der Waals surface area (Å²) in [4.78, 5) is 27.0. The van der Waals surface area contributed by atoms with E-state index in [2.05, 4.69) is 15.7 Å². The lowest BCUT2D eigenvalue weighted by Crippen LogP contribution is -2.46. The number of nitrogens with zero attached hydrogens (tertiary/aromatic N) is 3. The van der Waals surface area contributed by atoms with Gasteiger partial charge in [-0.1, -0.05) is 6.07 Å². The molecule has 7 nitrogen and oxygen atoms in total. The molecule has 2 aliphatic rings. The first-order valence-corrected chi connectivity index (χ1v) is 9.45. The number of hydrogen-bond donors (Lipinski definition) is 2. The van der Waals surface area contributed by atoms with Crippen molar-refractivity contribution in [3.05, 3.63) is 36.2 Å². The fourth-order valence-corrected chi connectivity index (χ4v) is 3.96. The Kier molecular flexibility index (Phi) is 4.88. The second-order valence-electron chi connectivity index (χ2n) is 7.24. The highest BCUT2D eigenvalue weighted by molar-refractivity contribution is 6.00. The molecule has 0 saturated carbocycles. The summed E-state index contributed by atoms with van der Waals surface area (Å²) in [5.74, 6) is 0.424. The molecule has 4 rings (SSSR count). The second-order valence-corrected chi connectivity index (χ2v) is 7.24. The minimum Gasteiger partial charge on any atom is -0.354 e. The number of fused-ring (bicyclic) bond motifs is 1. The highest BCUT2D eigenvalue weighted by Gasteiger charge is 2.28. The Balaban J connectivity index is 1.37. The lowest BCUT2D eigenvalue weighted by Gasteiger charge is -2.33. The van der Waals surface area contributed by atoms with Crippen LogP contribution in [0, 0.1) is 5.92 Å². The normalized spacial score (nSPS) is 23.3. The van der Waals surface area contributed by atoms with Gasteiger partial charge in [-0.15, -0.1) is 0 Å². The van der Waals surface area contributed by atoms with Crippen LogP contribution < -0.4 is 10.6 Å². The quantitative estimate of drug-likeness (QED) is 0.859. The predicted molar refractivity (Wildman–Crippen MR) is 97.9 cm³/mol. The number of carbonyl (C=O) groups excluding carboxylic acids is 2. The van der Waals surface area contributed by atoms with Crippen LogP contribution >= 0.6 is 0 Å². The molecule has 0 aromatic carbocycles. The zero-order chi connectivity index (χ0) is 17.9. The minimum absolute atomic E-state index is 0.0275. The third-order valence-electron chi connectivity index (χ3n) is 5.40. The molecule has 2 unspecified atom stereocenters. The van der Waals surface area contributed by atoms with E-state index in [1.54, 1.807) is 10.7 Å². The molecule has 0 spiro atoms. The van der Waals surface area contributed by atoms with Crippen molar-refractivity contribution in [1.29, 1.82) is 0 Å². The van der Waals surface area contributed by atoms with Gasteiger partial charge in [0, 0.05) is 25.8 Å². The van der Waals surface area contributed by atoms with Crippen LogP contribution in [0.3, 0.4) is 0 Å². The average molecular weight is 355 g/mol. The molecule has 2 atom stereocenters. The molecular weight excluding hydrogens is 330 g/mol. The number of amides is 2. The zero-order valence-electron chi connectivity index (χ0n) is 14.9. The lowest BCUT2D eigenvalue weighted by atomic mass is 9.97. The maximum atomic E-state index is 12.9. The molecule has 0 radical (unpaired) electrons. The maximum absolute atomic E-state index is 12.9. The van der Waals surface area contributed by atoms with Crippen LogP contribution in [0.25, 0.3) is 5.52 Å². The van der Waals surface area contributed by atoms with Crippen LogP contribution in [-0.2, 0) is 4.79 Å². The monoisotopic (exact) mass is 355 g/mol. The van der Waals surface area contributed by atoms with E-state index in [9.17, 15) is 9.59 Å². The van der Waals surface area contributed by atoms with Gasteiger partial charge in [0.25, 0.3) is 5.91 Å². The fourth-order valence-electron chi connectivity index (χ4n) is 3.96. The van der Waals surface area contributed by atoms with Crippen molar-refractivity contribution in [2.75, 3.05) is 26.2 Å². The van der Waals surface area contributed by atoms with Gasteiger partial charge in [-0.05, 0) is 50.3 Å². The molecule has 4 heterocycles. The Morgan fingerprint density at radius 2 is 2.19 bits per heavy atom. The van der Waals surface area contributed by atoms with Crippen molar-refractivity contribution in [2.24, 2.45) is 5.92 Å². The molecule has 138 valence electrons. The predicted octanol–water partition coefficient (Wildman–Crippen LogP) is 1.05. The molecule has 2 amide bonds. The molecule has 2 aliphatic heterocycles. The maximum Gasteiger partial charge on any atom is 0.257 e. The Hall–Kier alpha value is -2.41. The summed E-state index contributed by atoms with van der Waals surface area (Å²) in [6.45, 7) is 3.00.